The lowest BCUT2D eigenvalue weighted by atomic mass is 10.3. The first-order valence-electron chi connectivity index (χ1n) is 7.82. The number of esters is 1. The number of anilines is 1. The first kappa shape index (κ1) is 17.9. The van der Waals surface area contributed by atoms with Crippen LogP contribution in [0.4, 0.5) is 5.82 Å². The molecule has 134 valence electrons. The predicted octanol–water partition coefficient (Wildman–Crippen LogP) is 2.80. The number of carbonyl (C=O) groups is 2. The fraction of sp³-hybridized carbons (Fsp3) is 0.176. The van der Waals surface area contributed by atoms with Gasteiger partial charge in [0.1, 0.15) is 11.3 Å². The number of nitrogens with zero attached hydrogens (tertiary/aromatic N) is 4. The maximum Gasteiger partial charge on any atom is 0.343 e. The van der Waals surface area contributed by atoms with Gasteiger partial charge < -0.3 is 10.1 Å². The van der Waals surface area contributed by atoms with Crippen LogP contribution in [0.3, 0.4) is 0 Å². The van der Waals surface area contributed by atoms with E-state index in [1.807, 2.05) is 30.3 Å². The molecule has 0 saturated carbocycles. The Hall–Kier alpha value is -2.94. The van der Waals surface area contributed by atoms with Gasteiger partial charge in [0.15, 0.2) is 5.82 Å². The Morgan fingerprint density at radius 1 is 1.19 bits per heavy atom. The molecule has 9 heteroatoms. The molecule has 0 atom stereocenters. The lowest BCUT2D eigenvalue weighted by Crippen LogP contribution is -2.20. The Morgan fingerprint density at radius 2 is 1.92 bits per heavy atom. The minimum Gasteiger partial charge on any atom is -0.462 e. The predicted molar refractivity (Wildman–Crippen MR) is 98.4 cm³/mol. The molecule has 8 nitrogen and oxygen atoms in total. The molecule has 0 bridgehead atoms. The highest BCUT2D eigenvalue weighted by atomic mass is 79.9. The number of ether oxygens (including phenoxy) is 1. The van der Waals surface area contributed by atoms with Crippen LogP contribution in [0.5, 0.6) is 0 Å². The number of hydrogen-bond donors (Lipinski definition) is 1. The molecular formula is C17H16BrN5O3. The van der Waals surface area contributed by atoms with Crippen LogP contribution >= 0.6 is 15.9 Å². The van der Waals surface area contributed by atoms with E-state index in [0.29, 0.717) is 15.9 Å². The summed E-state index contributed by atoms with van der Waals surface area (Å²) in [5.74, 6) is -0.762. The molecule has 0 aliphatic carbocycles. The number of benzene rings is 1. The molecule has 2 aromatic heterocycles. The molecular weight excluding hydrogens is 402 g/mol. The Morgan fingerprint density at radius 3 is 2.54 bits per heavy atom. The maximum absolute atomic E-state index is 12.7. The first-order chi connectivity index (χ1) is 12.5. The Labute approximate surface area is 157 Å². The molecule has 0 saturated heterocycles. The number of halogens is 1. The molecule has 0 unspecified atom stereocenters. The van der Waals surface area contributed by atoms with E-state index in [2.05, 4.69) is 31.4 Å². The van der Waals surface area contributed by atoms with E-state index in [-0.39, 0.29) is 18.0 Å². The second-order valence-electron chi connectivity index (χ2n) is 5.29. The standard InChI is InChI=1S/C17H16BrN5O3/c1-3-26-17(25)12-9-20-23(11-7-5-4-6-8-11)15(12)21-16(24)14-13(18)10-19-22(14)2/h4-10H,3H2,1-2H3,(H,21,24). The number of aryl methyl sites for hydroxylation is 1. The summed E-state index contributed by atoms with van der Waals surface area (Å²) in [6.45, 7) is 1.93. The third kappa shape index (κ3) is 3.38. The second-order valence-corrected chi connectivity index (χ2v) is 6.15. The van der Waals surface area contributed by atoms with Gasteiger partial charge in [0.2, 0.25) is 0 Å². The van der Waals surface area contributed by atoms with Gasteiger partial charge in [-0.25, -0.2) is 9.48 Å². The average Bonchev–Trinajstić information content (AvgIpc) is 3.19. The molecule has 0 radical (unpaired) electrons. The number of hydrogen-bond acceptors (Lipinski definition) is 5. The highest BCUT2D eigenvalue weighted by Crippen LogP contribution is 2.23. The zero-order chi connectivity index (χ0) is 18.7. The SMILES string of the molecule is CCOC(=O)c1cnn(-c2ccccc2)c1NC(=O)c1c(Br)cnn1C. The van der Waals surface area contributed by atoms with Crippen LogP contribution in [0.25, 0.3) is 5.69 Å². The first-order valence-corrected chi connectivity index (χ1v) is 8.61. The quantitative estimate of drug-likeness (QED) is 0.644. The third-order valence-electron chi connectivity index (χ3n) is 3.61. The van der Waals surface area contributed by atoms with Gasteiger partial charge in [-0.15, -0.1) is 0 Å². The largest absolute Gasteiger partial charge is 0.462 e. The number of amides is 1. The van der Waals surface area contributed by atoms with E-state index >= 15 is 0 Å². The Kier molecular flexibility index (Phi) is 5.17. The summed E-state index contributed by atoms with van der Waals surface area (Å²) in [5, 5.41) is 11.0. The van der Waals surface area contributed by atoms with E-state index in [1.54, 1.807) is 14.0 Å². The Balaban J connectivity index is 2.04. The second kappa shape index (κ2) is 7.52. The zero-order valence-corrected chi connectivity index (χ0v) is 15.7. The molecule has 1 amide bonds. The molecule has 1 N–H and O–H groups in total. The van der Waals surface area contributed by atoms with Gasteiger partial charge >= 0.3 is 5.97 Å². The van der Waals surface area contributed by atoms with Gasteiger partial charge in [0.05, 0.1) is 29.2 Å². The van der Waals surface area contributed by atoms with Crippen LogP contribution in [0.15, 0.2) is 47.2 Å². The topological polar surface area (TPSA) is 91.0 Å². The minimum atomic E-state index is -0.561. The van der Waals surface area contributed by atoms with E-state index in [9.17, 15) is 9.59 Å². The van der Waals surface area contributed by atoms with Crippen LogP contribution in [-0.2, 0) is 11.8 Å². The third-order valence-corrected chi connectivity index (χ3v) is 4.19. The van der Waals surface area contributed by atoms with Crippen LogP contribution < -0.4 is 5.32 Å². The van der Waals surface area contributed by atoms with Gasteiger partial charge in [-0.1, -0.05) is 18.2 Å². The monoisotopic (exact) mass is 417 g/mol. The number of para-hydroxylation sites is 1. The Bertz CT molecular complexity index is 929. The molecule has 26 heavy (non-hydrogen) atoms. The fourth-order valence-electron chi connectivity index (χ4n) is 2.42. The van der Waals surface area contributed by atoms with Crippen molar-refractivity contribution < 1.29 is 14.3 Å². The molecule has 3 rings (SSSR count). The molecule has 0 fully saturated rings. The number of rotatable bonds is 5. The van der Waals surface area contributed by atoms with Crippen LogP contribution in [-0.4, -0.2) is 38.0 Å². The van der Waals surface area contributed by atoms with Crippen molar-refractivity contribution in [1.82, 2.24) is 19.6 Å². The van der Waals surface area contributed by atoms with Crippen molar-refractivity contribution in [2.24, 2.45) is 7.05 Å². The molecule has 0 aliphatic rings. The summed E-state index contributed by atoms with van der Waals surface area (Å²) < 4.78 is 8.53. The minimum absolute atomic E-state index is 0.169. The van der Waals surface area contributed by atoms with Crippen LogP contribution in [0, 0.1) is 0 Å². The van der Waals surface area contributed by atoms with Crippen molar-refractivity contribution in [3.8, 4) is 5.69 Å². The van der Waals surface area contributed by atoms with Crippen molar-refractivity contribution in [3.63, 3.8) is 0 Å². The van der Waals surface area contributed by atoms with Gasteiger partial charge in [-0.05, 0) is 35.0 Å². The van der Waals surface area contributed by atoms with Gasteiger partial charge in [-0.3, -0.25) is 9.48 Å². The molecule has 1 aromatic carbocycles. The van der Waals surface area contributed by atoms with Crippen molar-refractivity contribution in [1.29, 1.82) is 0 Å². The molecule has 0 spiro atoms. The summed E-state index contributed by atoms with van der Waals surface area (Å²) in [6.07, 6.45) is 2.90. The maximum atomic E-state index is 12.7. The lowest BCUT2D eigenvalue weighted by Gasteiger charge is -2.11. The number of nitrogens with one attached hydrogen (secondary N) is 1. The van der Waals surface area contributed by atoms with Gasteiger partial charge in [0.25, 0.3) is 5.91 Å². The molecule has 0 aliphatic heterocycles. The van der Waals surface area contributed by atoms with Crippen molar-refractivity contribution >= 4 is 33.6 Å². The summed E-state index contributed by atoms with van der Waals surface area (Å²) in [5.41, 5.74) is 1.19. The van der Waals surface area contributed by atoms with Gasteiger partial charge in [-0.2, -0.15) is 10.2 Å². The van der Waals surface area contributed by atoms with E-state index in [4.69, 9.17) is 4.74 Å². The molecule has 3 aromatic rings. The fourth-order valence-corrected chi connectivity index (χ4v) is 2.95. The summed E-state index contributed by atoms with van der Waals surface area (Å²) in [4.78, 5) is 25.0. The van der Waals surface area contributed by atoms with Crippen molar-refractivity contribution in [2.75, 3.05) is 11.9 Å². The zero-order valence-electron chi connectivity index (χ0n) is 14.1. The molecule has 2 heterocycles. The van der Waals surface area contributed by atoms with E-state index < -0.39 is 11.9 Å². The normalized spacial score (nSPS) is 10.6. The lowest BCUT2D eigenvalue weighted by molar-refractivity contribution is 0.0527. The van der Waals surface area contributed by atoms with Crippen LogP contribution in [0.2, 0.25) is 0 Å². The van der Waals surface area contributed by atoms with Gasteiger partial charge in [0, 0.05) is 7.05 Å². The number of carbonyl (C=O) groups excluding carboxylic acids is 2. The number of aromatic nitrogens is 4. The average molecular weight is 418 g/mol. The smallest absolute Gasteiger partial charge is 0.343 e. The van der Waals surface area contributed by atoms with E-state index in [0.717, 1.165) is 0 Å². The summed E-state index contributed by atoms with van der Waals surface area (Å²) in [7, 11) is 1.65. The van der Waals surface area contributed by atoms with Crippen molar-refractivity contribution in [3.05, 3.63) is 58.5 Å². The van der Waals surface area contributed by atoms with Crippen molar-refractivity contribution in [2.45, 2.75) is 6.92 Å². The van der Waals surface area contributed by atoms with E-state index in [1.165, 1.54) is 21.8 Å². The summed E-state index contributed by atoms with van der Waals surface area (Å²) in [6, 6.07) is 9.17. The highest BCUT2D eigenvalue weighted by Gasteiger charge is 2.24. The van der Waals surface area contributed by atoms with Crippen LogP contribution in [0.1, 0.15) is 27.8 Å². The summed E-state index contributed by atoms with van der Waals surface area (Å²) >= 11 is 3.30. The highest BCUT2D eigenvalue weighted by molar-refractivity contribution is 9.10.